The number of anilines is 1. The van der Waals surface area contributed by atoms with E-state index in [0.717, 1.165) is 11.6 Å². The van der Waals surface area contributed by atoms with Crippen molar-refractivity contribution in [1.29, 1.82) is 0 Å². The van der Waals surface area contributed by atoms with Crippen LogP contribution in [0.3, 0.4) is 0 Å². The monoisotopic (exact) mass is 261 g/mol. The molecule has 4 heteroatoms. The number of hydrogen-bond donors (Lipinski definition) is 1. The Bertz CT molecular complexity index is 638. The smallest absolute Gasteiger partial charge is 0.256 e. The molecule has 0 saturated heterocycles. The zero-order valence-corrected chi connectivity index (χ0v) is 10.6. The van der Waals surface area contributed by atoms with Crippen LogP contribution in [0, 0.1) is 25.5 Å². The van der Waals surface area contributed by atoms with Crippen LogP contribution >= 0.6 is 0 Å². The van der Waals surface area contributed by atoms with Crippen molar-refractivity contribution in [2.75, 3.05) is 5.32 Å². The van der Waals surface area contributed by atoms with E-state index in [9.17, 15) is 13.6 Å². The maximum Gasteiger partial charge on any atom is 0.256 e. The molecular weight excluding hydrogens is 248 g/mol. The molecule has 0 saturated carbocycles. The van der Waals surface area contributed by atoms with Gasteiger partial charge in [-0.05, 0) is 49.2 Å². The molecule has 0 radical (unpaired) electrons. The van der Waals surface area contributed by atoms with Crippen molar-refractivity contribution in [1.82, 2.24) is 0 Å². The molecule has 0 spiro atoms. The highest BCUT2D eigenvalue weighted by molar-refractivity contribution is 6.05. The minimum absolute atomic E-state index is 0.0826. The number of nitrogens with one attached hydrogen (secondary N) is 1. The van der Waals surface area contributed by atoms with E-state index < -0.39 is 17.5 Å². The lowest BCUT2D eigenvalue weighted by Crippen LogP contribution is -2.14. The Balaban J connectivity index is 2.28. The van der Waals surface area contributed by atoms with Gasteiger partial charge in [0.15, 0.2) is 0 Å². The summed E-state index contributed by atoms with van der Waals surface area (Å²) in [7, 11) is 0. The van der Waals surface area contributed by atoms with Gasteiger partial charge in [0.05, 0.1) is 5.69 Å². The Morgan fingerprint density at radius 1 is 1.05 bits per heavy atom. The Morgan fingerprint density at radius 2 is 1.79 bits per heavy atom. The van der Waals surface area contributed by atoms with Crippen molar-refractivity contribution in [3.63, 3.8) is 0 Å². The van der Waals surface area contributed by atoms with Crippen molar-refractivity contribution >= 4 is 11.6 Å². The molecule has 0 bridgehead atoms. The van der Waals surface area contributed by atoms with E-state index in [-0.39, 0.29) is 11.3 Å². The van der Waals surface area contributed by atoms with Crippen LogP contribution in [-0.2, 0) is 0 Å². The van der Waals surface area contributed by atoms with Gasteiger partial charge in [0.25, 0.3) is 5.91 Å². The molecule has 0 heterocycles. The number of halogens is 2. The van der Waals surface area contributed by atoms with Gasteiger partial charge in [0, 0.05) is 5.56 Å². The van der Waals surface area contributed by atoms with Crippen molar-refractivity contribution in [2.24, 2.45) is 0 Å². The summed E-state index contributed by atoms with van der Waals surface area (Å²) in [5.74, 6) is -1.54. The molecule has 1 amide bonds. The predicted octanol–water partition coefficient (Wildman–Crippen LogP) is 3.83. The maximum absolute atomic E-state index is 13.6. The molecule has 98 valence electrons. The minimum atomic E-state index is -0.528. The summed E-state index contributed by atoms with van der Waals surface area (Å²) < 4.78 is 26.7. The molecule has 2 aromatic rings. The van der Waals surface area contributed by atoms with Crippen LogP contribution in [0.4, 0.5) is 14.5 Å². The van der Waals surface area contributed by atoms with Gasteiger partial charge in [-0.2, -0.15) is 0 Å². The molecule has 19 heavy (non-hydrogen) atoms. The minimum Gasteiger partial charge on any atom is -0.319 e. The molecule has 1 N–H and O–H groups in total. The summed E-state index contributed by atoms with van der Waals surface area (Å²) >= 11 is 0. The molecule has 0 aromatic heterocycles. The van der Waals surface area contributed by atoms with Crippen LogP contribution in [0.2, 0.25) is 0 Å². The van der Waals surface area contributed by atoms with Crippen LogP contribution < -0.4 is 5.32 Å². The summed E-state index contributed by atoms with van der Waals surface area (Å²) in [5.41, 5.74) is 1.67. The second-order valence-electron chi connectivity index (χ2n) is 4.40. The van der Waals surface area contributed by atoms with Crippen molar-refractivity contribution in [2.45, 2.75) is 13.8 Å². The van der Waals surface area contributed by atoms with Gasteiger partial charge in [0.1, 0.15) is 11.6 Å². The Labute approximate surface area is 110 Å². The highest BCUT2D eigenvalue weighted by Gasteiger charge is 2.12. The third-order valence-electron chi connectivity index (χ3n) is 2.82. The van der Waals surface area contributed by atoms with Gasteiger partial charge in [-0.1, -0.05) is 12.1 Å². The van der Waals surface area contributed by atoms with E-state index in [1.807, 2.05) is 0 Å². The molecule has 0 aliphatic carbocycles. The normalized spacial score (nSPS) is 10.3. The fourth-order valence-corrected chi connectivity index (χ4v) is 1.75. The van der Waals surface area contributed by atoms with Gasteiger partial charge in [0.2, 0.25) is 0 Å². The first-order valence-electron chi connectivity index (χ1n) is 5.81. The summed E-state index contributed by atoms with van der Waals surface area (Å²) in [5, 5.41) is 2.44. The van der Waals surface area contributed by atoms with E-state index >= 15 is 0 Å². The zero-order chi connectivity index (χ0) is 14.0. The first-order chi connectivity index (χ1) is 8.97. The third-order valence-corrected chi connectivity index (χ3v) is 2.82. The highest BCUT2D eigenvalue weighted by Crippen LogP contribution is 2.18. The molecule has 2 rings (SSSR count). The zero-order valence-electron chi connectivity index (χ0n) is 10.6. The second-order valence-corrected chi connectivity index (χ2v) is 4.40. The van der Waals surface area contributed by atoms with Crippen molar-refractivity contribution in [3.8, 4) is 0 Å². The topological polar surface area (TPSA) is 29.1 Å². The summed E-state index contributed by atoms with van der Waals surface area (Å²) in [4.78, 5) is 12.0. The van der Waals surface area contributed by atoms with E-state index in [2.05, 4.69) is 5.32 Å². The molecule has 0 unspecified atom stereocenters. The molecule has 0 atom stereocenters. The predicted molar refractivity (Wildman–Crippen MR) is 70.2 cm³/mol. The highest BCUT2D eigenvalue weighted by atomic mass is 19.1. The van der Waals surface area contributed by atoms with Crippen LogP contribution in [-0.4, -0.2) is 5.91 Å². The van der Waals surface area contributed by atoms with E-state index in [1.54, 1.807) is 19.9 Å². The van der Waals surface area contributed by atoms with E-state index in [1.165, 1.54) is 24.3 Å². The van der Waals surface area contributed by atoms with Crippen molar-refractivity contribution < 1.29 is 13.6 Å². The third kappa shape index (κ3) is 2.96. The average Bonchev–Trinajstić information content (AvgIpc) is 2.35. The number of aryl methyl sites for hydroxylation is 2. The number of amides is 1. The van der Waals surface area contributed by atoms with Gasteiger partial charge in [-0.15, -0.1) is 0 Å². The number of benzene rings is 2. The second kappa shape index (κ2) is 5.18. The van der Waals surface area contributed by atoms with Crippen LogP contribution in [0.15, 0.2) is 36.4 Å². The lowest BCUT2D eigenvalue weighted by molar-refractivity contribution is 0.102. The fraction of sp³-hybridized carbons (Fsp3) is 0.133. The quantitative estimate of drug-likeness (QED) is 0.874. The van der Waals surface area contributed by atoms with Crippen LogP contribution in [0.1, 0.15) is 21.5 Å². The number of rotatable bonds is 2. The number of hydrogen-bond acceptors (Lipinski definition) is 1. The average molecular weight is 261 g/mol. The van der Waals surface area contributed by atoms with Gasteiger partial charge in [-0.25, -0.2) is 8.78 Å². The van der Waals surface area contributed by atoms with Crippen LogP contribution in [0.25, 0.3) is 0 Å². The van der Waals surface area contributed by atoms with Crippen LogP contribution in [0.5, 0.6) is 0 Å². The van der Waals surface area contributed by atoms with E-state index in [0.29, 0.717) is 5.56 Å². The summed E-state index contributed by atoms with van der Waals surface area (Å²) in [6, 6.07) is 8.42. The Morgan fingerprint density at radius 3 is 2.47 bits per heavy atom. The molecule has 0 fully saturated rings. The van der Waals surface area contributed by atoms with Gasteiger partial charge < -0.3 is 5.32 Å². The number of carbonyl (C=O) groups excluding carboxylic acids is 1. The first-order valence-corrected chi connectivity index (χ1v) is 5.81. The molecule has 0 aliphatic rings. The lowest BCUT2D eigenvalue weighted by Gasteiger charge is -2.09. The largest absolute Gasteiger partial charge is 0.319 e. The SMILES string of the molecule is Cc1ccc(NC(=O)c2cc(F)ccc2C)c(F)c1. The van der Waals surface area contributed by atoms with Crippen molar-refractivity contribution in [3.05, 3.63) is 64.7 Å². The van der Waals surface area contributed by atoms with Gasteiger partial charge >= 0.3 is 0 Å². The van der Waals surface area contributed by atoms with Gasteiger partial charge in [-0.3, -0.25) is 4.79 Å². The Hall–Kier alpha value is -2.23. The fourth-order valence-electron chi connectivity index (χ4n) is 1.75. The number of carbonyl (C=O) groups is 1. The van der Waals surface area contributed by atoms with E-state index in [4.69, 9.17) is 0 Å². The summed E-state index contributed by atoms with van der Waals surface area (Å²) in [6.45, 7) is 3.45. The summed E-state index contributed by atoms with van der Waals surface area (Å²) in [6.07, 6.45) is 0. The Kier molecular flexibility index (Phi) is 3.60. The first kappa shape index (κ1) is 13.2. The molecule has 2 aromatic carbocycles. The lowest BCUT2D eigenvalue weighted by atomic mass is 10.1. The molecular formula is C15H13F2NO. The molecule has 0 aliphatic heterocycles. The molecule has 2 nitrogen and oxygen atoms in total. The maximum atomic E-state index is 13.6. The standard InChI is InChI=1S/C15H13F2NO/c1-9-3-6-14(13(17)7-9)18-15(19)12-8-11(16)5-4-10(12)2/h3-8H,1-2H3,(H,18,19).